The molecule has 0 bridgehead atoms. The number of anilines is 1. The Morgan fingerprint density at radius 2 is 1.76 bits per heavy atom. The number of ether oxygens (including phenoxy) is 1. The summed E-state index contributed by atoms with van der Waals surface area (Å²) in [4.78, 5) is 35.1. The van der Waals surface area contributed by atoms with Gasteiger partial charge in [-0.2, -0.15) is 0 Å². The van der Waals surface area contributed by atoms with Gasteiger partial charge in [0.05, 0.1) is 12.0 Å². The number of benzene rings is 2. The Morgan fingerprint density at radius 3 is 2.28 bits per heavy atom. The highest BCUT2D eigenvalue weighted by Gasteiger charge is 2.45. The van der Waals surface area contributed by atoms with Crippen LogP contribution in [0.4, 0.5) is 10.5 Å². The zero-order valence-electron chi connectivity index (χ0n) is 15.9. The van der Waals surface area contributed by atoms with Crippen molar-refractivity contribution in [2.24, 2.45) is 0 Å². The van der Waals surface area contributed by atoms with Crippen molar-refractivity contribution in [3.05, 3.63) is 53.6 Å². The van der Waals surface area contributed by atoms with E-state index in [1.165, 1.54) is 63.4 Å². The molecule has 1 atom stereocenters. The fourth-order valence-corrected chi connectivity index (χ4v) is 4.05. The molecule has 3 amide bonds. The highest BCUT2D eigenvalue weighted by molar-refractivity contribution is 7.92. The van der Waals surface area contributed by atoms with E-state index < -0.39 is 27.5 Å². The number of hydrogen-bond donors (Lipinski definition) is 3. The molecule has 1 aliphatic rings. The SMILES string of the molecule is COc1ccc(S(=O)(=O)Nc2ccc(C(C)=O)cc2)cc1[C@]1(C)NC(=O)NC1=O. The zero-order chi connectivity index (χ0) is 21.4. The minimum Gasteiger partial charge on any atom is -0.496 e. The zero-order valence-corrected chi connectivity index (χ0v) is 16.7. The molecular weight excluding hydrogens is 398 g/mol. The van der Waals surface area contributed by atoms with E-state index in [0.717, 1.165) is 0 Å². The van der Waals surface area contributed by atoms with Crippen molar-refractivity contribution in [2.75, 3.05) is 11.8 Å². The summed E-state index contributed by atoms with van der Waals surface area (Å²) in [6.07, 6.45) is 0. The van der Waals surface area contributed by atoms with E-state index in [1.54, 1.807) is 0 Å². The molecule has 0 radical (unpaired) electrons. The van der Waals surface area contributed by atoms with Gasteiger partial charge in [0.25, 0.3) is 15.9 Å². The molecular formula is C19H19N3O6S. The van der Waals surface area contributed by atoms with E-state index in [4.69, 9.17) is 4.74 Å². The van der Waals surface area contributed by atoms with Crippen LogP contribution in [0.5, 0.6) is 5.75 Å². The Bertz CT molecular complexity index is 1110. The third-order valence-electron chi connectivity index (χ3n) is 4.61. The summed E-state index contributed by atoms with van der Waals surface area (Å²) in [6, 6.07) is 9.30. The molecule has 0 unspecified atom stereocenters. The Hall–Kier alpha value is -3.40. The van der Waals surface area contributed by atoms with E-state index in [2.05, 4.69) is 15.4 Å². The lowest BCUT2D eigenvalue weighted by Gasteiger charge is -2.24. The summed E-state index contributed by atoms with van der Waals surface area (Å²) in [7, 11) is -2.64. The smallest absolute Gasteiger partial charge is 0.322 e. The van der Waals surface area contributed by atoms with Gasteiger partial charge in [-0.25, -0.2) is 13.2 Å². The number of carbonyl (C=O) groups excluding carboxylic acids is 3. The van der Waals surface area contributed by atoms with Crippen LogP contribution in [-0.4, -0.2) is 33.2 Å². The van der Waals surface area contributed by atoms with Crippen LogP contribution in [-0.2, 0) is 20.4 Å². The molecule has 9 nitrogen and oxygen atoms in total. The number of rotatable bonds is 6. The number of carbonyl (C=O) groups is 3. The topological polar surface area (TPSA) is 131 Å². The molecule has 3 rings (SSSR count). The van der Waals surface area contributed by atoms with Gasteiger partial charge in [0, 0.05) is 16.8 Å². The molecule has 3 N–H and O–H groups in total. The molecule has 1 aliphatic heterocycles. The van der Waals surface area contributed by atoms with Crippen molar-refractivity contribution >= 4 is 33.4 Å². The lowest BCUT2D eigenvalue weighted by molar-refractivity contribution is -0.123. The first kappa shape index (κ1) is 20.3. The van der Waals surface area contributed by atoms with Gasteiger partial charge < -0.3 is 10.1 Å². The molecule has 152 valence electrons. The maximum atomic E-state index is 12.8. The third-order valence-corrected chi connectivity index (χ3v) is 5.99. The van der Waals surface area contributed by atoms with Crippen LogP contribution in [0.15, 0.2) is 47.4 Å². The van der Waals surface area contributed by atoms with Crippen molar-refractivity contribution in [3.8, 4) is 5.75 Å². The number of urea groups is 1. The van der Waals surface area contributed by atoms with Crippen molar-refractivity contribution in [3.63, 3.8) is 0 Å². The molecule has 2 aromatic carbocycles. The average Bonchev–Trinajstić information content (AvgIpc) is 2.93. The summed E-state index contributed by atoms with van der Waals surface area (Å²) < 4.78 is 33.3. The average molecular weight is 417 g/mol. The minimum atomic E-state index is -4.02. The van der Waals surface area contributed by atoms with Crippen LogP contribution in [0.25, 0.3) is 0 Å². The number of Topliss-reactive ketones (excluding diaryl/α,β-unsaturated/α-hetero) is 1. The molecule has 2 aromatic rings. The van der Waals surface area contributed by atoms with Gasteiger partial charge in [-0.15, -0.1) is 0 Å². The molecule has 0 aliphatic carbocycles. The highest BCUT2D eigenvalue weighted by Crippen LogP contribution is 2.34. The van der Waals surface area contributed by atoms with E-state index in [9.17, 15) is 22.8 Å². The molecule has 1 heterocycles. The summed E-state index contributed by atoms with van der Waals surface area (Å²) in [5.74, 6) is -0.512. The van der Waals surface area contributed by atoms with E-state index in [-0.39, 0.29) is 27.7 Å². The summed E-state index contributed by atoms with van der Waals surface area (Å²) >= 11 is 0. The van der Waals surface area contributed by atoms with Crippen LogP contribution in [0.3, 0.4) is 0 Å². The number of amides is 3. The first-order valence-electron chi connectivity index (χ1n) is 8.53. The number of ketones is 1. The Labute approximate surface area is 167 Å². The molecule has 0 spiro atoms. The van der Waals surface area contributed by atoms with Crippen LogP contribution in [0.2, 0.25) is 0 Å². The predicted molar refractivity (Wildman–Crippen MR) is 104 cm³/mol. The molecule has 1 fully saturated rings. The first-order valence-corrected chi connectivity index (χ1v) is 10.0. The Kier molecular flexibility index (Phi) is 5.05. The number of sulfonamides is 1. The van der Waals surface area contributed by atoms with Crippen molar-refractivity contribution in [2.45, 2.75) is 24.3 Å². The summed E-state index contributed by atoms with van der Waals surface area (Å²) in [5.41, 5.74) is -0.573. The largest absolute Gasteiger partial charge is 0.496 e. The molecule has 29 heavy (non-hydrogen) atoms. The second-order valence-corrected chi connectivity index (χ2v) is 8.32. The maximum absolute atomic E-state index is 12.8. The van der Waals surface area contributed by atoms with Gasteiger partial charge in [-0.1, -0.05) is 0 Å². The Balaban J connectivity index is 1.99. The lowest BCUT2D eigenvalue weighted by atomic mass is 9.91. The van der Waals surface area contributed by atoms with Gasteiger partial charge in [0.2, 0.25) is 0 Å². The number of methoxy groups -OCH3 is 1. The fourth-order valence-electron chi connectivity index (χ4n) is 2.96. The first-order chi connectivity index (χ1) is 13.6. The minimum absolute atomic E-state index is 0.126. The monoisotopic (exact) mass is 417 g/mol. The fraction of sp³-hybridized carbons (Fsp3) is 0.211. The van der Waals surface area contributed by atoms with E-state index >= 15 is 0 Å². The van der Waals surface area contributed by atoms with Gasteiger partial charge in [-0.3, -0.25) is 19.6 Å². The highest BCUT2D eigenvalue weighted by atomic mass is 32.2. The van der Waals surface area contributed by atoms with Crippen LogP contribution < -0.4 is 20.1 Å². The van der Waals surface area contributed by atoms with Gasteiger partial charge >= 0.3 is 6.03 Å². The van der Waals surface area contributed by atoms with Crippen LogP contribution in [0.1, 0.15) is 29.8 Å². The summed E-state index contributed by atoms with van der Waals surface area (Å²) in [6.45, 7) is 2.87. The molecule has 10 heteroatoms. The maximum Gasteiger partial charge on any atom is 0.322 e. The van der Waals surface area contributed by atoms with Crippen molar-refractivity contribution in [1.29, 1.82) is 0 Å². The Morgan fingerprint density at radius 1 is 1.10 bits per heavy atom. The normalized spacial score (nSPS) is 18.7. The second-order valence-electron chi connectivity index (χ2n) is 6.63. The number of hydrogen-bond acceptors (Lipinski definition) is 6. The van der Waals surface area contributed by atoms with Crippen LogP contribution >= 0.6 is 0 Å². The van der Waals surface area contributed by atoms with Gasteiger partial charge in [-0.05, 0) is 56.3 Å². The van der Waals surface area contributed by atoms with E-state index in [1.807, 2.05) is 0 Å². The molecule has 0 saturated carbocycles. The van der Waals surface area contributed by atoms with Crippen molar-refractivity contribution in [1.82, 2.24) is 10.6 Å². The molecule has 0 aromatic heterocycles. The van der Waals surface area contributed by atoms with Gasteiger partial charge in [0.15, 0.2) is 5.78 Å². The summed E-state index contributed by atoms with van der Waals surface area (Å²) in [5, 5.41) is 4.62. The lowest BCUT2D eigenvalue weighted by Crippen LogP contribution is -2.41. The van der Waals surface area contributed by atoms with Crippen LogP contribution in [0, 0.1) is 0 Å². The predicted octanol–water partition coefficient (Wildman–Crippen LogP) is 1.75. The standard InChI is InChI=1S/C19H19N3O6S/c1-11(23)12-4-6-13(7-5-12)22-29(26,27)14-8-9-16(28-3)15(10-14)19(2)17(24)20-18(25)21-19/h4-10,22H,1-3H3,(H2,20,21,24,25)/t19-/m0/s1. The number of nitrogens with one attached hydrogen (secondary N) is 3. The van der Waals surface area contributed by atoms with Gasteiger partial charge in [0.1, 0.15) is 11.3 Å². The quantitative estimate of drug-likeness (QED) is 0.485. The molecule has 1 saturated heterocycles. The number of imide groups is 1. The third kappa shape index (κ3) is 3.79. The van der Waals surface area contributed by atoms with E-state index in [0.29, 0.717) is 5.56 Å². The second kappa shape index (κ2) is 7.21. The van der Waals surface area contributed by atoms with Crippen molar-refractivity contribution < 1.29 is 27.5 Å².